The van der Waals surface area contributed by atoms with Crippen LogP contribution < -0.4 is 0 Å². The van der Waals surface area contributed by atoms with Crippen LogP contribution in [-0.2, 0) is 4.79 Å². The lowest BCUT2D eigenvalue weighted by Crippen LogP contribution is -2.38. The Bertz CT molecular complexity index is 460. The number of aliphatic carboxylic acids is 1. The van der Waals surface area contributed by atoms with Gasteiger partial charge in [0.05, 0.1) is 12.0 Å². The molecule has 1 aromatic carbocycles. The van der Waals surface area contributed by atoms with Gasteiger partial charge in [0.15, 0.2) is 0 Å². The monoisotopic (exact) mass is 281 g/mol. The van der Waals surface area contributed by atoms with Crippen molar-refractivity contribution in [2.45, 2.75) is 31.2 Å². The van der Waals surface area contributed by atoms with E-state index >= 15 is 0 Å². The smallest absolute Gasteiger partial charge is 0.305 e. The van der Waals surface area contributed by atoms with Gasteiger partial charge >= 0.3 is 5.97 Å². The molecule has 1 amide bonds. The molecule has 0 fully saturated rings. The number of rotatable bonds is 6. The van der Waals surface area contributed by atoms with Crippen LogP contribution in [0.1, 0.15) is 30.6 Å². The molecule has 19 heavy (non-hydrogen) atoms. The van der Waals surface area contributed by atoms with Gasteiger partial charge in [0, 0.05) is 17.5 Å². The molecule has 0 aliphatic carbocycles. The fourth-order valence-corrected chi connectivity index (χ4v) is 2.38. The quantitative estimate of drug-likeness (QED) is 0.815. The van der Waals surface area contributed by atoms with Crippen LogP contribution in [-0.4, -0.2) is 40.7 Å². The maximum absolute atomic E-state index is 12.5. The summed E-state index contributed by atoms with van der Waals surface area (Å²) in [5, 5.41) is 8.76. The van der Waals surface area contributed by atoms with Crippen molar-refractivity contribution in [3.8, 4) is 0 Å². The Morgan fingerprint density at radius 3 is 2.47 bits per heavy atom. The van der Waals surface area contributed by atoms with Gasteiger partial charge in [-0.15, -0.1) is 11.8 Å². The van der Waals surface area contributed by atoms with E-state index in [-0.39, 0.29) is 24.9 Å². The van der Waals surface area contributed by atoms with Gasteiger partial charge in [-0.2, -0.15) is 0 Å². The molecule has 0 radical (unpaired) electrons. The van der Waals surface area contributed by atoms with E-state index < -0.39 is 5.97 Å². The first kappa shape index (κ1) is 15.6. The summed E-state index contributed by atoms with van der Waals surface area (Å²) in [4.78, 5) is 25.7. The first-order valence-electron chi connectivity index (χ1n) is 6.13. The molecule has 0 aliphatic heterocycles. The maximum atomic E-state index is 12.5. The third kappa shape index (κ3) is 4.28. The molecule has 0 saturated heterocycles. The summed E-state index contributed by atoms with van der Waals surface area (Å²) in [5.41, 5.74) is 0.633. The Balaban J connectivity index is 2.95. The summed E-state index contributed by atoms with van der Waals surface area (Å²) in [7, 11) is 0. The molecular formula is C14H19NO3S. The number of carboxylic acid groups (broad SMARTS) is 1. The highest BCUT2D eigenvalue weighted by molar-refractivity contribution is 7.98. The summed E-state index contributed by atoms with van der Waals surface area (Å²) >= 11 is 1.51. The molecular weight excluding hydrogens is 262 g/mol. The van der Waals surface area contributed by atoms with Crippen molar-refractivity contribution in [1.82, 2.24) is 4.90 Å². The largest absolute Gasteiger partial charge is 0.481 e. The molecule has 0 spiro atoms. The third-order valence-corrected chi connectivity index (χ3v) is 3.58. The van der Waals surface area contributed by atoms with Gasteiger partial charge in [-0.1, -0.05) is 12.1 Å². The normalized spacial score (nSPS) is 10.5. The first-order chi connectivity index (χ1) is 8.97. The zero-order valence-corrected chi connectivity index (χ0v) is 12.2. The van der Waals surface area contributed by atoms with Gasteiger partial charge in [0.2, 0.25) is 0 Å². The minimum atomic E-state index is -0.892. The molecule has 0 aromatic heterocycles. The summed E-state index contributed by atoms with van der Waals surface area (Å²) in [6, 6.07) is 7.36. The minimum absolute atomic E-state index is 0.0261. The Labute approximate surface area is 117 Å². The van der Waals surface area contributed by atoms with Crippen LogP contribution >= 0.6 is 11.8 Å². The van der Waals surface area contributed by atoms with Gasteiger partial charge in [-0.25, -0.2) is 0 Å². The van der Waals surface area contributed by atoms with Crippen molar-refractivity contribution in [2.75, 3.05) is 12.8 Å². The number of amides is 1. The van der Waals surface area contributed by atoms with Crippen molar-refractivity contribution in [3.63, 3.8) is 0 Å². The Kier molecular flexibility index (Phi) is 5.89. The number of carbonyl (C=O) groups excluding carboxylic acids is 1. The van der Waals surface area contributed by atoms with E-state index in [1.54, 1.807) is 11.0 Å². The van der Waals surface area contributed by atoms with Gasteiger partial charge in [0.25, 0.3) is 5.91 Å². The van der Waals surface area contributed by atoms with E-state index in [0.717, 1.165) is 4.90 Å². The Morgan fingerprint density at radius 1 is 1.32 bits per heavy atom. The second-order valence-electron chi connectivity index (χ2n) is 4.44. The Hall–Kier alpha value is -1.49. The van der Waals surface area contributed by atoms with Crippen LogP contribution in [0, 0.1) is 0 Å². The van der Waals surface area contributed by atoms with Crippen molar-refractivity contribution in [1.29, 1.82) is 0 Å². The molecule has 5 heteroatoms. The van der Waals surface area contributed by atoms with Crippen LogP contribution in [0.25, 0.3) is 0 Å². The average molecular weight is 281 g/mol. The molecule has 1 N–H and O–H groups in total. The standard InChI is InChI=1S/C14H19NO3S/c1-10(2)15(9-8-13(16)17)14(18)11-6-4-5-7-12(11)19-3/h4-7,10H,8-9H2,1-3H3,(H,16,17). The number of carboxylic acids is 1. The number of thioether (sulfide) groups is 1. The summed E-state index contributed by atoms with van der Waals surface area (Å²) in [5.74, 6) is -1.00. The third-order valence-electron chi connectivity index (χ3n) is 2.79. The van der Waals surface area contributed by atoms with E-state index in [0.29, 0.717) is 5.56 Å². The summed E-state index contributed by atoms with van der Waals surface area (Å²) in [6.45, 7) is 4.01. The summed E-state index contributed by atoms with van der Waals surface area (Å²) in [6.07, 6.45) is 1.88. The van der Waals surface area contributed by atoms with Gasteiger partial charge < -0.3 is 10.0 Å². The summed E-state index contributed by atoms with van der Waals surface area (Å²) < 4.78 is 0. The molecule has 1 aromatic rings. The number of benzene rings is 1. The van der Waals surface area contributed by atoms with Gasteiger partial charge in [-0.05, 0) is 32.2 Å². The lowest BCUT2D eigenvalue weighted by atomic mass is 10.1. The van der Waals surface area contributed by atoms with Crippen LogP contribution in [0.4, 0.5) is 0 Å². The zero-order chi connectivity index (χ0) is 14.4. The van der Waals surface area contributed by atoms with E-state index in [1.807, 2.05) is 38.3 Å². The van der Waals surface area contributed by atoms with Crippen molar-refractivity contribution >= 4 is 23.6 Å². The average Bonchev–Trinajstić information content (AvgIpc) is 2.37. The maximum Gasteiger partial charge on any atom is 0.305 e. The molecule has 1 rings (SSSR count). The van der Waals surface area contributed by atoms with Crippen LogP contribution in [0.2, 0.25) is 0 Å². The fourth-order valence-electron chi connectivity index (χ4n) is 1.79. The zero-order valence-electron chi connectivity index (χ0n) is 11.4. The lowest BCUT2D eigenvalue weighted by molar-refractivity contribution is -0.137. The highest BCUT2D eigenvalue weighted by atomic mass is 32.2. The van der Waals surface area contributed by atoms with Crippen molar-refractivity contribution in [2.24, 2.45) is 0 Å². The van der Waals surface area contributed by atoms with E-state index in [1.165, 1.54) is 11.8 Å². The molecule has 4 nitrogen and oxygen atoms in total. The number of nitrogens with zero attached hydrogens (tertiary/aromatic N) is 1. The molecule has 0 heterocycles. The molecule has 0 unspecified atom stereocenters. The van der Waals surface area contributed by atoms with Gasteiger partial charge in [-0.3, -0.25) is 9.59 Å². The van der Waals surface area contributed by atoms with Crippen molar-refractivity contribution < 1.29 is 14.7 Å². The van der Waals surface area contributed by atoms with E-state index in [9.17, 15) is 9.59 Å². The molecule has 104 valence electrons. The van der Waals surface area contributed by atoms with E-state index in [2.05, 4.69) is 0 Å². The van der Waals surface area contributed by atoms with Crippen LogP contribution in [0.15, 0.2) is 29.2 Å². The topological polar surface area (TPSA) is 57.6 Å². The highest BCUT2D eigenvalue weighted by Crippen LogP contribution is 2.22. The SMILES string of the molecule is CSc1ccccc1C(=O)N(CCC(=O)O)C(C)C. The van der Waals surface area contributed by atoms with Crippen LogP contribution in [0.5, 0.6) is 0 Å². The minimum Gasteiger partial charge on any atom is -0.481 e. The predicted molar refractivity (Wildman–Crippen MR) is 76.6 cm³/mol. The fraction of sp³-hybridized carbons (Fsp3) is 0.429. The number of hydrogen-bond donors (Lipinski definition) is 1. The molecule has 0 saturated carbocycles. The molecule has 0 aliphatic rings. The van der Waals surface area contributed by atoms with Crippen LogP contribution in [0.3, 0.4) is 0 Å². The molecule has 0 bridgehead atoms. The number of hydrogen-bond acceptors (Lipinski definition) is 3. The highest BCUT2D eigenvalue weighted by Gasteiger charge is 2.21. The van der Waals surface area contributed by atoms with E-state index in [4.69, 9.17) is 5.11 Å². The second kappa shape index (κ2) is 7.19. The lowest BCUT2D eigenvalue weighted by Gasteiger charge is -2.27. The van der Waals surface area contributed by atoms with Crippen molar-refractivity contribution in [3.05, 3.63) is 29.8 Å². The Morgan fingerprint density at radius 2 is 1.95 bits per heavy atom. The van der Waals surface area contributed by atoms with Gasteiger partial charge in [0.1, 0.15) is 0 Å². The molecule has 0 atom stereocenters. The first-order valence-corrected chi connectivity index (χ1v) is 7.35. The second-order valence-corrected chi connectivity index (χ2v) is 5.28. The number of carbonyl (C=O) groups is 2. The predicted octanol–water partition coefficient (Wildman–Crippen LogP) is 2.73.